The van der Waals surface area contributed by atoms with Gasteiger partial charge in [-0.15, -0.1) is 0 Å². The number of hydrogen-bond acceptors (Lipinski definition) is 8. The molecule has 0 aromatic heterocycles. The molecule has 4 saturated heterocycles. The van der Waals surface area contributed by atoms with Crippen molar-refractivity contribution < 1.29 is 28.7 Å². The molecule has 0 N–H and O–H groups in total. The number of allylic oxidation sites excluding steroid dienone is 2. The number of carbonyl (C=O) groups excluding carboxylic acids is 4. The average Bonchev–Trinajstić information content (AvgIpc) is 3.31. The van der Waals surface area contributed by atoms with Gasteiger partial charge in [-0.25, -0.2) is 20.0 Å². The molecule has 2 bridgehead atoms. The van der Waals surface area contributed by atoms with E-state index in [1.807, 2.05) is 10.0 Å². The van der Waals surface area contributed by atoms with Crippen LogP contribution in [0.5, 0.6) is 0 Å². The molecule has 4 aliphatic heterocycles. The maximum Gasteiger partial charge on any atom is 0.248 e. The minimum absolute atomic E-state index is 0.181. The van der Waals surface area contributed by atoms with Gasteiger partial charge in [-0.05, 0) is 32.1 Å². The molecule has 4 aliphatic carbocycles. The fraction of sp³-hybridized carbons (Fsp3) is 0.769. The molecular weight excluding hydrogens is 464 g/mol. The molecular formula is C26H34N4O6. The smallest absolute Gasteiger partial charge is 0.248 e. The van der Waals surface area contributed by atoms with E-state index in [1.165, 1.54) is 15.6 Å². The molecule has 2 saturated carbocycles. The van der Waals surface area contributed by atoms with Crippen molar-refractivity contribution in [2.24, 2.45) is 40.9 Å². The summed E-state index contributed by atoms with van der Waals surface area (Å²) < 4.78 is 10.9. The van der Waals surface area contributed by atoms with Crippen LogP contribution in [0.3, 0.4) is 0 Å². The zero-order valence-corrected chi connectivity index (χ0v) is 21.0. The third-order valence-corrected chi connectivity index (χ3v) is 10.2. The lowest BCUT2D eigenvalue weighted by Gasteiger charge is -2.61. The van der Waals surface area contributed by atoms with E-state index in [4.69, 9.17) is 9.47 Å². The summed E-state index contributed by atoms with van der Waals surface area (Å²) in [6.07, 6.45) is 2.50. The molecule has 36 heavy (non-hydrogen) atoms. The molecule has 0 radical (unpaired) electrons. The van der Waals surface area contributed by atoms with E-state index >= 15 is 0 Å². The first-order valence-corrected chi connectivity index (χ1v) is 13.5. The topological polar surface area (TPSA) is 99.7 Å². The summed E-state index contributed by atoms with van der Waals surface area (Å²) in [6, 6.07) is 0. The van der Waals surface area contributed by atoms with Gasteiger partial charge in [0.25, 0.3) is 0 Å². The number of morpholine rings is 2. The van der Waals surface area contributed by atoms with Crippen molar-refractivity contribution in [3.63, 3.8) is 0 Å². The molecule has 5 atom stereocenters. The molecule has 0 aromatic carbocycles. The number of hydrazine groups is 2. The van der Waals surface area contributed by atoms with Crippen LogP contribution in [-0.4, -0.2) is 96.3 Å². The van der Waals surface area contributed by atoms with Crippen molar-refractivity contribution in [2.45, 2.75) is 33.1 Å². The zero-order chi connectivity index (χ0) is 24.9. The van der Waals surface area contributed by atoms with Gasteiger partial charge in [0.2, 0.25) is 23.6 Å². The Bertz CT molecular complexity index is 1010. The normalized spacial score (nSPS) is 43.4. The summed E-state index contributed by atoms with van der Waals surface area (Å²) in [7, 11) is 0. The van der Waals surface area contributed by atoms with Crippen molar-refractivity contribution in [1.29, 1.82) is 0 Å². The maximum atomic E-state index is 14.2. The average molecular weight is 499 g/mol. The van der Waals surface area contributed by atoms with Crippen molar-refractivity contribution in [2.75, 3.05) is 52.6 Å². The Morgan fingerprint density at radius 1 is 0.722 bits per heavy atom. The lowest BCUT2D eigenvalue weighted by Crippen LogP contribution is -2.62. The Hall–Kier alpha value is -2.14. The standard InChI is InChI=1S/C26H34N4O6/c1-14-3-4-16-15(2)17-18-20(24(33)29(22(18)31)27-5-9-35-10-6-27)26(16,13-14)21-19(17)23(32)30(25(21)34)28-7-11-36-12-8-28/h14,17-21H,3-13H2,1-2H3. The Morgan fingerprint density at radius 2 is 1.19 bits per heavy atom. The zero-order valence-electron chi connectivity index (χ0n) is 21.0. The first-order chi connectivity index (χ1) is 17.4. The molecule has 10 heteroatoms. The van der Waals surface area contributed by atoms with Crippen LogP contribution >= 0.6 is 0 Å². The van der Waals surface area contributed by atoms with Gasteiger partial charge in [-0.3, -0.25) is 19.2 Å². The highest BCUT2D eigenvalue weighted by Crippen LogP contribution is 2.72. The number of amides is 4. The molecule has 4 amide bonds. The van der Waals surface area contributed by atoms with Gasteiger partial charge in [0.05, 0.1) is 50.1 Å². The van der Waals surface area contributed by atoms with E-state index in [2.05, 4.69) is 13.8 Å². The third-order valence-electron chi connectivity index (χ3n) is 10.2. The highest BCUT2D eigenvalue weighted by Gasteiger charge is 2.78. The quantitative estimate of drug-likeness (QED) is 0.400. The largest absolute Gasteiger partial charge is 0.379 e. The Morgan fingerprint density at radius 3 is 1.67 bits per heavy atom. The van der Waals surface area contributed by atoms with Crippen LogP contribution < -0.4 is 0 Å². The number of imide groups is 2. The predicted molar refractivity (Wildman–Crippen MR) is 124 cm³/mol. The van der Waals surface area contributed by atoms with E-state index in [-0.39, 0.29) is 23.6 Å². The predicted octanol–water partition coefficient (Wildman–Crippen LogP) is 0.450. The Labute approximate surface area is 210 Å². The summed E-state index contributed by atoms with van der Waals surface area (Å²) in [5.74, 6) is -3.20. The molecule has 10 nitrogen and oxygen atoms in total. The minimum atomic E-state index is -0.770. The molecule has 8 rings (SSSR count). The van der Waals surface area contributed by atoms with Gasteiger partial charge in [-0.1, -0.05) is 18.1 Å². The SMILES string of the molecule is CC1=C2CCC(C)CC23C2C(=O)N(N4CCOCC4)C(=O)C2C1C1C(=O)N(N2CCOCC2)C(=O)C13. The first-order valence-electron chi connectivity index (χ1n) is 13.5. The second-order valence-electron chi connectivity index (χ2n) is 11.7. The number of ether oxygens (including phenoxy) is 2. The first kappa shape index (κ1) is 23.0. The van der Waals surface area contributed by atoms with Gasteiger partial charge in [0.1, 0.15) is 0 Å². The second kappa shape index (κ2) is 7.93. The monoisotopic (exact) mass is 498 g/mol. The molecule has 194 valence electrons. The van der Waals surface area contributed by atoms with Crippen molar-refractivity contribution in [1.82, 2.24) is 20.0 Å². The van der Waals surface area contributed by atoms with Gasteiger partial charge < -0.3 is 9.47 Å². The summed E-state index contributed by atoms with van der Waals surface area (Å²) >= 11 is 0. The lowest BCUT2D eigenvalue weighted by molar-refractivity contribution is -0.167. The molecule has 4 heterocycles. The number of carbonyl (C=O) groups is 4. The Kier molecular flexibility index (Phi) is 5.07. The van der Waals surface area contributed by atoms with Crippen LogP contribution in [0.4, 0.5) is 0 Å². The van der Waals surface area contributed by atoms with Gasteiger partial charge >= 0.3 is 0 Å². The summed E-state index contributed by atoms with van der Waals surface area (Å²) in [6.45, 7) is 8.05. The van der Waals surface area contributed by atoms with Crippen molar-refractivity contribution in [3.8, 4) is 0 Å². The van der Waals surface area contributed by atoms with Gasteiger partial charge in [-0.2, -0.15) is 0 Å². The van der Waals surface area contributed by atoms with E-state index in [0.717, 1.165) is 18.4 Å². The van der Waals surface area contributed by atoms with Gasteiger partial charge in [0, 0.05) is 37.5 Å². The molecule has 5 unspecified atom stereocenters. The highest BCUT2D eigenvalue weighted by molar-refractivity contribution is 6.11. The molecule has 0 aromatic rings. The van der Waals surface area contributed by atoms with E-state index in [0.29, 0.717) is 64.9 Å². The van der Waals surface area contributed by atoms with Crippen LogP contribution in [0.1, 0.15) is 33.1 Å². The number of rotatable bonds is 2. The highest BCUT2D eigenvalue weighted by atomic mass is 16.5. The fourth-order valence-corrected chi connectivity index (χ4v) is 9.00. The molecule has 8 aliphatic rings. The fourth-order valence-electron chi connectivity index (χ4n) is 9.00. The van der Waals surface area contributed by atoms with Crippen LogP contribution in [-0.2, 0) is 28.7 Å². The Balaban J connectivity index is 1.37. The molecule has 6 fully saturated rings. The van der Waals surface area contributed by atoms with Crippen molar-refractivity contribution in [3.05, 3.63) is 11.1 Å². The van der Waals surface area contributed by atoms with Crippen LogP contribution in [0.25, 0.3) is 0 Å². The second-order valence-corrected chi connectivity index (χ2v) is 11.7. The van der Waals surface area contributed by atoms with E-state index in [9.17, 15) is 19.2 Å². The summed E-state index contributed by atoms with van der Waals surface area (Å²) in [5.41, 5.74) is 1.50. The van der Waals surface area contributed by atoms with Crippen LogP contribution in [0, 0.1) is 40.9 Å². The van der Waals surface area contributed by atoms with E-state index in [1.54, 1.807) is 0 Å². The summed E-state index contributed by atoms with van der Waals surface area (Å²) in [4.78, 5) is 56.6. The van der Waals surface area contributed by atoms with E-state index < -0.39 is 35.0 Å². The van der Waals surface area contributed by atoms with Crippen LogP contribution in [0.2, 0.25) is 0 Å². The van der Waals surface area contributed by atoms with Crippen LogP contribution in [0.15, 0.2) is 11.1 Å². The summed E-state index contributed by atoms with van der Waals surface area (Å²) in [5, 5.41) is 6.39. The van der Waals surface area contributed by atoms with Gasteiger partial charge in [0.15, 0.2) is 0 Å². The molecule has 1 spiro atoms. The lowest BCUT2D eigenvalue weighted by atomic mass is 9.39. The maximum absolute atomic E-state index is 14.2. The number of hydrogen-bond donors (Lipinski definition) is 0. The third kappa shape index (κ3) is 2.71. The number of nitrogens with zero attached hydrogens (tertiary/aromatic N) is 4. The van der Waals surface area contributed by atoms with Crippen molar-refractivity contribution >= 4 is 23.6 Å². The minimum Gasteiger partial charge on any atom is -0.379 e.